The molecule has 0 unspecified atom stereocenters. The molecule has 8 nitrogen and oxygen atoms in total. The van der Waals surface area contributed by atoms with Crippen molar-refractivity contribution in [2.75, 3.05) is 7.11 Å². The molecule has 1 saturated heterocycles. The van der Waals surface area contributed by atoms with Crippen LogP contribution in [0.4, 0.5) is 0 Å². The lowest BCUT2D eigenvalue weighted by Gasteiger charge is -2.39. The van der Waals surface area contributed by atoms with Crippen molar-refractivity contribution in [2.45, 2.75) is 50.1 Å². The summed E-state index contributed by atoms with van der Waals surface area (Å²) in [5.74, 6) is 0. The van der Waals surface area contributed by atoms with Crippen molar-refractivity contribution in [3.63, 3.8) is 0 Å². The summed E-state index contributed by atoms with van der Waals surface area (Å²) in [6.07, 6.45) is -2.23. The minimum absolute atomic E-state index is 0.198. The quantitative estimate of drug-likeness (QED) is 0.646. The van der Waals surface area contributed by atoms with Crippen LogP contribution in [0.15, 0.2) is 36.5 Å². The number of rotatable bonds is 6. The third-order valence-electron chi connectivity index (χ3n) is 4.37. The summed E-state index contributed by atoms with van der Waals surface area (Å²) in [5.41, 5.74) is 2.06. The molecule has 2 aromatic rings. The number of ether oxygens (including phenoxy) is 2. The fourth-order valence-electron chi connectivity index (χ4n) is 2.91. The third-order valence-corrected chi connectivity index (χ3v) is 4.37. The second-order valence-electron chi connectivity index (χ2n) is 6.17. The van der Waals surface area contributed by atoms with Gasteiger partial charge in [0.1, 0.15) is 24.4 Å². The van der Waals surface area contributed by atoms with Crippen LogP contribution in [0, 0.1) is 0 Å². The fraction of sp³-hybridized carbons (Fsp3) is 0.529. The predicted molar refractivity (Wildman–Crippen MR) is 87.6 cm³/mol. The van der Waals surface area contributed by atoms with Crippen molar-refractivity contribution in [2.24, 2.45) is 0 Å². The molecule has 25 heavy (non-hydrogen) atoms. The van der Waals surface area contributed by atoms with E-state index >= 15 is 0 Å². The van der Waals surface area contributed by atoms with Crippen LogP contribution in [0.2, 0.25) is 0 Å². The van der Waals surface area contributed by atoms with E-state index in [2.05, 4.69) is 22.4 Å². The second kappa shape index (κ2) is 8.03. The lowest BCUT2D eigenvalue weighted by Crippen LogP contribution is -2.58. The number of hydrogen-bond acceptors (Lipinski definition) is 7. The molecule has 1 aromatic carbocycles. The first-order chi connectivity index (χ1) is 12.1. The van der Waals surface area contributed by atoms with E-state index in [1.165, 1.54) is 12.7 Å². The first-order valence-corrected chi connectivity index (χ1v) is 8.24. The van der Waals surface area contributed by atoms with Crippen molar-refractivity contribution in [1.29, 1.82) is 0 Å². The largest absolute Gasteiger partial charge is 0.388 e. The van der Waals surface area contributed by atoms with E-state index in [1.807, 2.05) is 18.2 Å². The molecule has 8 heteroatoms. The molecule has 2 heterocycles. The summed E-state index contributed by atoms with van der Waals surface area (Å²) >= 11 is 0. The van der Waals surface area contributed by atoms with Crippen LogP contribution in [-0.2, 0) is 28.9 Å². The standard InChI is InChI=1S/C17H23N3O5/c1-24-17-16(23)15(22)14(21)13(25-17)10-20-9-12(18-19-20)8-7-11-5-3-2-4-6-11/h2-6,9,13-17,21-23H,7-8,10H2,1H3/t13-,14+,15+,16-,17-/m1/s1. The predicted octanol–water partition coefficient (Wildman–Crippen LogP) is -0.483. The van der Waals surface area contributed by atoms with E-state index in [1.54, 1.807) is 10.9 Å². The number of aliphatic hydroxyl groups is 3. The minimum Gasteiger partial charge on any atom is -0.388 e. The van der Waals surface area contributed by atoms with E-state index in [4.69, 9.17) is 9.47 Å². The van der Waals surface area contributed by atoms with Crippen molar-refractivity contribution in [3.8, 4) is 0 Å². The Labute approximate surface area is 145 Å². The second-order valence-corrected chi connectivity index (χ2v) is 6.17. The Kier molecular flexibility index (Phi) is 5.77. The van der Waals surface area contributed by atoms with E-state index in [-0.39, 0.29) is 6.54 Å². The van der Waals surface area contributed by atoms with E-state index in [0.717, 1.165) is 18.5 Å². The van der Waals surface area contributed by atoms with Gasteiger partial charge in [0, 0.05) is 13.3 Å². The van der Waals surface area contributed by atoms with Crippen LogP contribution in [0.25, 0.3) is 0 Å². The molecule has 3 N–H and O–H groups in total. The molecule has 1 aromatic heterocycles. The highest BCUT2D eigenvalue weighted by atomic mass is 16.7. The number of hydrogen-bond donors (Lipinski definition) is 3. The van der Waals surface area contributed by atoms with Crippen LogP contribution in [-0.4, -0.2) is 68.1 Å². The van der Waals surface area contributed by atoms with Crippen LogP contribution >= 0.6 is 0 Å². The number of methoxy groups -OCH3 is 1. The van der Waals surface area contributed by atoms with Crippen molar-refractivity contribution >= 4 is 0 Å². The van der Waals surface area contributed by atoms with Gasteiger partial charge in [-0.25, -0.2) is 4.68 Å². The topological polar surface area (TPSA) is 110 Å². The maximum absolute atomic E-state index is 10.1. The monoisotopic (exact) mass is 349 g/mol. The molecule has 5 atom stereocenters. The summed E-state index contributed by atoms with van der Waals surface area (Å²) in [6.45, 7) is 0.198. The Morgan fingerprint density at radius 3 is 2.56 bits per heavy atom. The molecule has 0 amide bonds. The number of aliphatic hydroxyl groups excluding tert-OH is 3. The van der Waals surface area contributed by atoms with Crippen molar-refractivity contribution in [3.05, 3.63) is 47.8 Å². The van der Waals surface area contributed by atoms with Gasteiger partial charge in [-0.2, -0.15) is 0 Å². The molecule has 1 fully saturated rings. The van der Waals surface area contributed by atoms with Gasteiger partial charge >= 0.3 is 0 Å². The van der Waals surface area contributed by atoms with E-state index in [0.29, 0.717) is 0 Å². The molecular formula is C17H23N3O5. The Morgan fingerprint density at radius 1 is 1.08 bits per heavy atom. The molecular weight excluding hydrogens is 326 g/mol. The van der Waals surface area contributed by atoms with Gasteiger partial charge < -0.3 is 24.8 Å². The maximum Gasteiger partial charge on any atom is 0.186 e. The van der Waals surface area contributed by atoms with Gasteiger partial charge in [0.2, 0.25) is 0 Å². The van der Waals surface area contributed by atoms with E-state index < -0.39 is 30.7 Å². The number of aromatic nitrogens is 3. The first kappa shape index (κ1) is 18.0. The smallest absolute Gasteiger partial charge is 0.186 e. The Bertz CT molecular complexity index is 663. The molecule has 136 valence electrons. The average Bonchev–Trinajstić information content (AvgIpc) is 3.09. The molecule has 0 aliphatic carbocycles. The molecule has 0 radical (unpaired) electrons. The van der Waals surface area contributed by atoms with Crippen LogP contribution in [0.3, 0.4) is 0 Å². The zero-order valence-corrected chi connectivity index (χ0v) is 14.0. The Balaban J connectivity index is 1.59. The summed E-state index contributed by atoms with van der Waals surface area (Å²) < 4.78 is 12.1. The van der Waals surface area contributed by atoms with Crippen LogP contribution in [0.5, 0.6) is 0 Å². The molecule has 0 spiro atoms. The molecule has 1 aliphatic heterocycles. The summed E-state index contributed by atoms with van der Waals surface area (Å²) in [5, 5.41) is 37.9. The first-order valence-electron chi connectivity index (χ1n) is 8.24. The number of benzene rings is 1. The Morgan fingerprint density at radius 2 is 1.84 bits per heavy atom. The zero-order valence-electron chi connectivity index (χ0n) is 14.0. The molecule has 0 saturated carbocycles. The van der Waals surface area contributed by atoms with Gasteiger partial charge in [-0.1, -0.05) is 35.5 Å². The van der Waals surface area contributed by atoms with Crippen LogP contribution < -0.4 is 0 Å². The SMILES string of the molecule is CO[C@@H]1O[C@H](Cn2cc(CCc3ccccc3)nn2)[C@H](O)[C@H](O)[C@H]1O. The van der Waals surface area contributed by atoms with Crippen molar-refractivity contribution < 1.29 is 24.8 Å². The van der Waals surface area contributed by atoms with E-state index in [9.17, 15) is 15.3 Å². The van der Waals surface area contributed by atoms with Gasteiger partial charge in [0.25, 0.3) is 0 Å². The number of nitrogens with zero attached hydrogens (tertiary/aromatic N) is 3. The highest BCUT2D eigenvalue weighted by molar-refractivity contribution is 5.15. The lowest BCUT2D eigenvalue weighted by molar-refractivity contribution is -0.292. The summed E-state index contributed by atoms with van der Waals surface area (Å²) in [7, 11) is 1.37. The Hall–Kier alpha value is -1.84. The minimum atomic E-state index is -1.34. The highest BCUT2D eigenvalue weighted by Crippen LogP contribution is 2.22. The number of aryl methyl sites for hydroxylation is 2. The zero-order chi connectivity index (χ0) is 17.8. The average molecular weight is 349 g/mol. The van der Waals surface area contributed by atoms with Crippen LogP contribution in [0.1, 0.15) is 11.3 Å². The fourth-order valence-corrected chi connectivity index (χ4v) is 2.91. The van der Waals surface area contributed by atoms with Gasteiger partial charge in [-0.05, 0) is 18.4 Å². The third kappa shape index (κ3) is 4.23. The normalized spacial score (nSPS) is 29.7. The summed E-state index contributed by atoms with van der Waals surface area (Å²) in [6, 6.07) is 10.1. The maximum atomic E-state index is 10.1. The van der Waals surface area contributed by atoms with Gasteiger partial charge in [-0.3, -0.25) is 0 Å². The van der Waals surface area contributed by atoms with Crippen molar-refractivity contribution in [1.82, 2.24) is 15.0 Å². The molecule has 3 rings (SSSR count). The summed E-state index contributed by atoms with van der Waals surface area (Å²) in [4.78, 5) is 0. The van der Waals surface area contributed by atoms with Gasteiger partial charge in [-0.15, -0.1) is 5.10 Å². The van der Waals surface area contributed by atoms with Gasteiger partial charge in [0.15, 0.2) is 6.29 Å². The molecule has 1 aliphatic rings. The molecule has 0 bridgehead atoms. The highest BCUT2D eigenvalue weighted by Gasteiger charge is 2.44. The lowest BCUT2D eigenvalue weighted by atomic mass is 9.99. The van der Waals surface area contributed by atoms with Gasteiger partial charge in [0.05, 0.1) is 12.2 Å².